The number of hydrogen-bond donors (Lipinski definition) is 1. The van der Waals surface area contributed by atoms with Gasteiger partial charge < -0.3 is 10.1 Å². The number of hydrogen-bond acceptors (Lipinski definition) is 4. The highest BCUT2D eigenvalue weighted by Crippen LogP contribution is 2.13. The van der Waals surface area contributed by atoms with E-state index in [4.69, 9.17) is 10.00 Å². The lowest BCUT2D eigenvalue weighted by Gasteiger charge is -2.26. The topological polar surface area (TPSA) is 48.3 Å². The van der Waals surface area contributed by atoms with Gasteiger partial charge in [-0.3, -0.25) is 4.90 Å². The third kappa shape index (κ3) is 3.42. The average molecular weight is 249 g/mol. The van der Waals surface area contributed by atoms with E-state index in [1.807, 2.05) is 0 Å². The summed E-state index contributed by atoms with van der Waals surface area (Å²) in [4.78, 5) is 2.30. The van der Waals surface area contributed by atoms with Crippen molar-refractivity contribution in [1.82, 2.24) is 4.90 Å². The molecule has 1 saturated heterocycles. The molecule has 0 atom stereocenters. The predicted molar refractivity (Wildman–Crippen MR) is 66.9 cm³/mol. The van der Waals surface area contributed by atoms with Gasteiger partial charge in [0.1, 0.15) is 11.9 Å². The lowest BCUT2D eigenvalue weighted by Crippen LogP contribution is -2.39. The maximum atomic E-state index is 13.3. The number of ether oxygens (including phenoxy) is 1. The van der Waals surface area contributed by atoms with Crippen LogP contribution in [0.4, 0.5) is 10.1 Å². The average Bonchev–Trinajstić information content (AvgIpc) is 2.40. The number of nitrogens with one attached hydrogen (secondary N) is 1. The van der Waals surface area contributed by atoms with E-state index in [9.17, 15) is 4.39 Å². The largest absolute Gasteiger partial charge is 0.384 e. The zero-order chi connectivity index (χ0) is 12.8. The minimum absolute atomic E-state index is 0.0775. The van der Waals surface area contributed by atoms with Crippen molar-refractivity contribution in [3.05, 3.63) is 29.6 Å². The predicted octanol–water partition coefficient (Wildman–Crippen LogP) is 1.44. The van der Waals surface area contributed by atoms with Gasteiger partial charge in [-0.15, -0.1) is 0 Å². The van der Waals surface area contributed by atoms with Gasteiger partial charge in [0.25, 0.3) is 0 Å². The number of anilines is 1. The van der Waals surface area contributed by atoms with E-state index in [-0.39, 0.29) is 5.56 Å². The highest BCUT2D eigenvalue weighted by molar-refractivity contribution is 5.48. The van der Waals surface area contributed by atoms with Gasteiger partial charge in [-0.1, -0.05) is 0 Å². The lowest BCUT2D eigenvalue weighted by atomic mass is 10.2. The summed E-state index contributed by atoms with van der Waals surface area (Å²) >= 11 is 0. The van der Waals surface area contributed by atoms with E-state index in [1.165, 1.54) is 12.1 Å². The normalized spacial score (nSPS) is 16.2. The van der Waals surface area contributed by atoms with Crippen LogP contribution in [-0.2, 0) is 4.74 Å². The van der Waals surface area contributed by atoms with Crippen LogP contribution in [0.3, 0.4) is 0 Å². The maximum Gasteiger partial charge on any atom is 0.143 e. The summed E-state index contributed by atoms with van der Waals surface area (Å²) in [5.74, 6) is -0.478. The van der Waals surface area contributed by atoms with Gasteiger partial charge in [0.05, 0.1) is 18.8 Å². The SMILES string of the molecule is N#Cc1ccc(NCCN2CCOCC2)cc1F. The summed E-state index contributed by atoms with van der Waals surface area (Å²) in [6.45, 7) is 5.13. The first kappa shape index (κ1) is 12.8. The molecule has 1 N–H and O–H groups in total. The summed E-state index contributed by atoms with van der Waals surface area (Å²) in [6, 6.07) is 6.38. The molecule has 1 aliphatic rings. The van der Waals surface area contributed by atoms with Crippen molar-refractivity contribution < 1.29 is 9.13 Å². The summed E-state index contributed by atoms with van der Waals surface area (Å²) in [7, 11) is 0. The Hall–Kier alpha value is -1.64. The standard InChI is InChI=1S/C13H16FN3O/c14-13-9-12(2-1-11(13)10-15)16-3-4-17-5-7-18-8-6-17/h1-2,9,16H,3-8H2. The van der Waals surface area contributed by atoms with Crippen LogP contribution in [0.2, 0.25) is 0 Å². The van der Waals surface area contributed by atoms with Gasteiger partial charge in [-0.05, 0) is 18.2 Å². The first-order valence-electron chi connectivity index (χ1n) is 6.03. The zero-order valence-electron chi connectivity index (χ0n) is 10.2. The summed E-state index contributed by atoms with van der Waals surface area (Å²) in [6.07, 6.45) is 0. The molecule has 2 rings (SSSR count). The molecule has 1 heterocycles. The molecule has 96 valence electrons. The summed E-state index contributed by atoms with van der Waals surface area (Å²) in [5.41, 5.74) is 0.786. The molecular formula is C13H16FN3O. The fourth-order valence-electron chi connectivity index (χ4n) is 1.90. The Balaban J connectivity index is 1.79. The number of nitrogens with zero attached hydrogens (tertiary/aromatic N) is 2. The van der Waals surface area contributed by atoms with E-state index in [0.717, 1.165) is 39.4 Å². The molecule has 1 aromatic carbocycles. The summed E-state index contributed by atoms with van der Waals surface area (Å²) in [5, 5.41) is 11.8. The van der Waals surface area contributed by atoms with E-state index in [2.05, 4.69) is 10.2 Å². The van der Waals surface area contributed by atoms with Crippen LogP contribution in [0.15, 0.2) is 18.2 Å². The van der Waals surface area contributed by atoms with Gasteiger partial charge in [0.15, 0.2) is 0 Å². The third-order valence-electron chi connectivity index (χ3n) is 2.95. The summed E-state index contributed by atoms with van der Waals surface area (Å²) < 4.78 is 18.6. The van der Waals surface area contributed by atoms with Gasteiger partial charge in [0, 0.05) is 31.9 Å². The van der Waals surface area contributed by atoms with Crippen LogP contribution >= 0.6 is 0 Å². The van der Waals surface area contributed by atoms with Crippen molar-refractivity contribution in [2.45, 2.75) is 0 Å². The monoisotopic (exact) mass is 249 g/mol. The second-order valence-electron chi connectivity index (χ2n) is 4.19. The number of morpholine rings is 1. The Morgan fingerprint density at radius 2 is 2.17 bits per heavy atom. The Morgan fingerprint density at radius 1 is 1.39 bits per heavy atom. The van der Waals surface area contributed by atoms with Gasteiger partial charge in [-0.25, -0.2) is 4.39 Å². The van der Waals surface area contributed by atoms with Crippen LogP contribution in [0.5, 0.6) is 0 Å². The molecule has 5 heteroatoms. The Kier molecular flexibility index (Phi) is 4.51. The van der Waals surface area contributed by atoms with Gasteiger partial charge in [-0.2, -0.15) is 5.26 Å². The highest BCUT2D eigenvalue weighted by atomic mass is 19.1. The van der Waals surface area contributed by atoms with Crippen molar-refractivity contribution in [2.75, 3.05) is 44.7 Å². The second kappa shape index (κ2) is 6.34. The highest BCUT2D eigenvalue weighted by Gasteiger charge is 2.09. The molecule has 4 nitrogen and oxygen atoms in total. The van der Waals surface area contributed by atoms with Crippen molar-refractivity contribution in [3.8, 4) is 6.07 Å². The van der Waals surface area contributed by atoms with Crippen molar-refractivity contribution >= 4 is 5.69 Å². The van der Waals surface area contributed by atoms with Crippen LogP contribution in [0.25, 0.3) is 0 Å². The lowest BCUT2D eigenvalue weighted by molar-refractivity contribution is 0.0398. The number of benzene rings is 1. The Morgan fingerprint density at radius 3 is 2.83 bits per heavy atom. The fourth-order valence-corrected chi connectivity index (χ4v) is 1.90. The molecule has 0 aromatic heterocycles. The second-order valence-corrected chi connectivity index (χ2v) is 4.19. The first-order valence-corrected chi connectivity index (χ1v) is 6.03. The molecule has 1 fully saturated rings. The quantitative estimate of drug-likeness (QED) is 0.877. The van der Waals surface area contributed by atoms with Crippen molar-refractivity contribution in [2.24, 2.45) is 0 Å². The molecule has 0 saturated carbocycles. The van der Waals surface area contributed by atoms with Gasteiger partial charge in [0.2, 0.25) is 0 Å². The number of rotatable bonds is 4. The van der Waals surface area contributed by atoms with Gasteiger partial charge >= 0.3 is 0 Å². The van der Waals surface area contributed by atoms with E-state index < -0.39 is 5.82 Å². The molecule has 0 aliphatic carbocycles. The van der Waals surface area contributed by atoms with E-state index >= 15 is 0 Å². The fraction of sp³-hybridized carbons (Fsp3) is 0.462. The minimum Gasteiger partial charge on any atom is -0.384 e. The van der Waals surface area contributed by atoms with E-state index in [0.29, 0.717) is 5.69 Å². The molecule has 0 radical (unpaired) electrons. The first-order chi connectivity index (χ1) is 8.79. The zero-order valence-corrected chi connectivity index (χ0v) is 10.2. The molecular weight excluding hydrogens is 233 g/mol. The van der Waals surface area contributed by atoms with Crippen LogP contribution < -0.4 is 5.32 Å². The molecule has 1 aliphatic heterocycles. The van der Waals surface area contributed by atoms with E-state index in [1.54, 1.807) is 12.1 Å². The van der Waals surface area contributed by atoms with Crippen LogP contribution in [0, 0.1) is 17.1 Å². The van der Waals surface area contributed by atoms with Crippen LogP contribution in [0.1, 0.15) is 5.56 Å². The maximum absolute atomic E-state index is 13.3. The number of halogens is 1. The Labute approximate surface area is 106 Å². The van der Waals surface area contributed by atoms with Crippen molar-refractivity contribution in [3.63, 3.8) is 0 Å². The molecule has 1 aromatic rings. The Bertz CT molecular complexity index is 438. The molecule has 0 unspecified atom stereocenters. The molecule has 0 spiro atoms. The molecule has 18 heavy (non-hydrogen) atoms. The number of nitriles is 1. The van der Waals surface area contributed by atoms with Crippen LogP contribution in [-0.4, -0.2) is 44.3 Å². The minimum atomic E-state index is -0.478. The molecule has 0 bridgehead atoms. The third-order valence-corrected chi connectivity index (χ3v) is 2.95. The van der Waals surface area contributed by atoms with Crippen molar-refractivity contribution in [1.29, 1.82) is 5.26 Å². The smallest absolute Gasteiger partial charge is 0.143 e. The molecule has 0 amide bonds.